The van der Waals surface area contributed by atoms with Gasteiger partial charge >= 0.3 is 0 Å². The Morgan fingerprint density at radius 2 is 1.65 bits per heavy atom. The first-order chi connectivity index (χ1) is 18.1. The standard InChI is InChI=1S/C31H34N4O2/c1-23-9-7-8-20-34(23)31(37)22-35-28-13-6-5-12-27(28)33-29(35)18-19-32-30(36)21-24-14-16-26(17-15-24)25-10-3-2-4-11-25/h2-6,10-17,23H,7-9,18-22H2,1H3,(H,32,36). The van der Waals surface area contributed by atoms with E-state index in [2.05, 4.69) is 36.5 Å². The Bertz CT molecular complexity index is 1360. The van der Waals surface area contributed by atoms with Crippen molar-refractivity contribution < 1.29 is 9.59 Å². The van der Waals surface area contributed by atoms with Crippen LogP contribution in [0.3, 0.4) is 0 Å². The van der Waals surface area contributed by atoms with E-state index < -0.39 is 0 Å². The highest BCUT2D eigenvalue weighted by Gasteiger charge is 2.24. The van der Waals surface area contributed by atoms with Crippen molar-refractivity contribution in [1.82, 2.24) is 19.8 Å². The lowest BCUT2D eigenvalue weighted by Crippen LogP contribution is -2.43. The molecule has 0 bridgehead atoms. The summed E-state index contributed by atoms with van der Waals surface area (Å²) >= 11 is 0. The second kappa shape index (κ2) is 11.4. The average molecular weight is 495 g/mol. The molecule has 5 rings (SSSR count). The summed E-state index contributed by atoms with van der Waals surface area (Å²) in [5.41, 5.74) is 5.11. The van der Waals surface area contributed by atoms with E-state index in [0.29, 0.717) is 19.4 Å². The molecule has 190 valence electrons. The van der Waals surface area contributed by atoms with E-state index in [0.717, 1.165) is 52.9 Å². The molecule has 2 heterocycles. The van der Waals surface area contributed by atoms with Gasteiger partial charge in [-0.2, -0.15) is 0 Å². The maximum absolute atomic E-state index is 13.2. The maximum Gasteiger partial charge on any atom is 0.242 e. The van der Waals surface area contributed by atoms with Gasteiger partial charge in [-0.15, -0.1) is 0 Å². The molecule has 2 amide bonds. The van der Waals surface area contributed by atoms with E-state index in [4.69, 9.17) is 4.98 Å². The summed E-state index contributed by atoms with van der Waals surface area (Å²) in [6.07, 6.45) is 4.20. The molecular formula is C31H34N4O2. The molecule has 1 fully saturated rings. The van der Waals surface area contributed by atoms with Crippen LogP contribution in [0.5, 0.6) is 0 Å². The molecule has 0 spiro atoms. The fourth-order valence-corrected chi connectivity index (χ4v) is 5.19. The number of nitrogens with one attached hydrogen (secondary N) is 1. The number of carbonyl (C=O) groups excluding carboxylic acids is 2. The van der Waals surface area contributed by atoms with Crippen molar-refractivity contribution in [3.63, 3.8) is 0 Å². The summed E-state index contributed by atoms with van der Waals surface area (Å²) in [5.74, 6) is 0.944. The van der Waals surface area contributed by atoms with Crippen LogP contribution in [0.1, 0.15) is 37.6 Å². The molecule has 37 heavy (non-hydrogen) atoms. The molecule has 1 saturated heterocycles. The lowest BCUT2D eigenvalue weighted by Gasteiger charge is -2.33. The van der Waals surface area contributed by atoms with Crippen LogP contribution in [-0.4, -0.2) is 45.4 Å². The second-order valence-electron chi connectivity index (χ2n) is 9.87. The van der Waals surface area contributed by atoms with Crippen molar-refractivity contribution in [1.29, 1.82) is 0 Å². The lowest BCUT2D eigenvalue weighted by atomic mass is 10.0. The third-order valence-electron chi connectivity index (χ3n) is 7.25. The molecule has 6 nitrogen and oxygen atoms in total. The van der Waals surface area contributed by atoms with Gasteiger partial charge in [-0.1, -0.05) is 66.7 Å². The van der Waals surface area contributed by atoms with Crippen LogP contribution in [-0.2, 0) is 29.0 Å². The van der Waals surface area contributed by atoms with Crippen LogP contribution in [0.25, 0.3) is 22.2 Å². The van der Waals surface area contributed by atoms with Crippen LogP contribution < -0.4 is 5.32 Å². The molecule has 0 radical (unpaired) electrons. The Morgan fingerprint density at radius 1 is 0.919 bits per heavy atom. The number of carbonyl (C=O) groups is 2. The number of rotatable bonds is 8. The first kappa shape index (κ1) is 24.8. The van der Waals surface area contributed by atoms with Gasteiger partial charge in [0.05, 0.1) is 17.5 Å². The Balaban J connectivity index is 1.20. The van der Waals surface area contributed by atoms with Crippen LogP contribution in [0.15, 0.2) is 78.9 Å². The van der Waals surface area contributed by atoms with Crippen molar-refractivity contribution in [2.24, 2.45) is 0 Å². The molecule has 1 aromatic heterocycles. The van der Waals surface area contributed by atoms with E-state index in [1.54, 1.807) is 0 Å². The number of benzene rings is 3. The molecule has 1 atom stereocenters. The van der Waals surface area contributed by atoms with Crippen LogP contribution in [0.4, 0.5) is 0 Å². The van der Waals surface area contributed by atoms with Gasteiger partial charge in [-0.25, -0.2) is 4.98 Å². The number of hydrogen-bond donors (Lipinski definition) is 1. The minimum absolute atomic E-state index is 0.0201. The first-order valence-corrected chi connectivity index (χ1v) is 13.2. The van der Waals surface area contributed by atoms with Gasteiger partial charge < -0.3 is 14.8 Å². The summed E-state index contributed by atoms with van der Waals surface area (Å²) in [6.45, 7) is 3.71. The zero-order valence-corrected chi connectivity index (χ0v) is 21.4. The van der Waals surface area contributed by atoms with Gasteiger partial charge in [0, 0.05) is 25.6 Å². The van der Waals surface area contributed by atoms with Gasteiger partial charge in [0.2, 0.25) is 11.8 Å². The molecule has 3 aromatic carbocycles. The molecule has 1 aliphatic rings. The van der Waals surface area contributed by atoms with Crippen molar-refractivity contribution in [3.8, 4) is 11.1 Å². The Labute approximate surface area is 218 Å². The summed E-state index contributed by atoms with van der Waals surface area (Å²) in [6, 6.07) is 26.5. The molecule has 0 saturated carbocycles. The number of fused-ring (bicyclic) bond motifs is 1. The molecule has 1 aliphatic heterocycles. The second-order valence-corrected chi connectivity index (χ2v) is 9.87. The topological polar surface area (TPSA) is 67.2 Å². The Hall–Kier alpha value is -3.93. The minimum atomic E-state index is -0.0201. The number of imidazole rings is 1. The van der Waals surface area contributed by atoms with Crippen molar-refractivity contribution in [2.45, 2.75) is 51.6 Å². The monoisotopic (exact) mass is 494 g/mol. The van der Waals surface area contributed by atoms with E-state index in [1.807, 2.05) is 64.1 Å². The number of likely N-dealkylation sites (tertiary alicyclic amines) is 1. The quantitative estimate of drug-likeness (QED) is 0.375. The average Bonchev–Trinajstić information content (AvgIpc) is 3.27. The molecule has 0 aliphatic carbocycles. The number of aromatic nitrogens is 2. The molecular weight excluding hydrogens is 460 g/mol. The van der Waals surface area contributed by atoms with Crippen LogP contribution in [0.2, 0.25) is 0 Å². The third kappa shape index (κ3) is 5.91. The molecule has 1 N–H and O–H groups in total. The number of para-hydroxylation sites is 2. The largest absolute Gasteiger partial charge is 0.355 e. The number of hydrogen-bond acceptors (Lipinski definition) is 3. The molecule has 4 aromatic rings. The maximum atomic E-state index is 13.2. The number of nitrogens with zero attached hydrogens (tertiary/aromatic N) is 3. The predicted molar refractivity (Wildman–Crippen MR) is 147 cm³/mol. The minimum Gasteiger partial charge on any atom is -0.355 e. The smallest absolute Gasteiger partial charge is 0.242 e. The first-order valence-electron chi connectivity index (χ1n) is 13.2. The number of amides is 2. The highest BCUT2D eigenvalue weighted by atomic mass is 16.2. The van der Waals surface area contributed by atoms with E-state index >= 15 is 0 Å². The van der Waals surface area contributed by atoms with Gasteiger partial charge in [-0.05, 0) is 55.0 Å². The zero-order chi connectivity index (χ0) is 25.6. The molecule has 6 heteroatoms. The zero-order valence-electron chi connectivity index (χ0n) is 21.4. The van der Waals surface area contributed by atoms with E-state index in [-0.39, 0.29) is 24.4 Å². The third-order valence-corrected chi connectivity index (χ3v) is 7.25. The van der Waals surface area contributed by atoms with Gasteiger partial charge in [-0.3, -0.25) is 9.59 Å². The van der Waals surface area contributed by atoms with Crippen LogP contribution in [0, 0.1) is 0 Å². The van der Waals surface area contributed by atoms with E-state index in [1.165, 1.54) is 6.42 Å². The summed E-state index contributed by atoms with van der Waals surface area (Å²) in [7, 11) is 0. The van der Waals surface area contributed by atoms with Crippen molar-refractivity contribution in [2.75, 3.05) is 13.1 Å². The van der Waals surface area contributed by atoms with Crippen molar-refractivity contribution >= 4 is 22.8 Å². The fourth-order valence-electron chi connectivity index (χ4n) is 5.19. The summed E-state index contributed by atoms with van der Waals surface area (Å²) in [4.78, 5) is 32.6. The van der Waals surface area contributed by atoms with Crippen molar-refractivity contribution in [3.05, 3.63) is 90.3 Å². The highest BCUT2D eigenvalue weighted by Crippen LogP contribution is 2.21. The van der Waals surface area contributed by atoms with Gasteiger partial charge in [0.25, 0.3) is 0 Å². The normalized spacial score (nSPS) is 15.6. The summed E-state index contributed by atoms with van der Waals surface area (Å²) < 4.78 is 2.02. The molecule has 1 unspecified atom stereocenters. The fraction of sp³-hybridized carbons (Fsp3) is 0.323. The lowest BCUT2D eigenvalue weighted by molar-refractivity contribution is -0.135. The van der Waals surface area contributed by atoms with E-state index in [9.17, 15) is 9.59 Å². The SMILES string of the molecule is CC1CCCCN1C(=O)Cn1c(CCNC(=O)Cc2ccc(-c3ccccc3)cc2)nc2ccccc21. The van der Waals surface area contributed by atoms with Crippen LogP contribution >= 0.6 is 0 Å². The highest BCUT2D eigenvalue weighted by molar-refractivity contribution is 5.82. The number of piperidine rings is 1. The van der Waals surface area contributed by atoms with Gasteiger partial charge in [0.1, 0.15) is 12.4 Å². The Kier molecular flexibility index (Phi) is 7.64. The predicted octanol–water partition coefficient (Wildman–Crippen LogP) is 5.01. The summed E-state index contributed by atoms with van der Waals surface area (Å²) in [5, 5.41) is 3.03. The Morgan fingerprint density at radius 3 is 2.43 bits per heavy atom. The van der Waals surface area contributed by atoms with Gasteiger partial charge in [0.15, 0.2) is 0 Å².